The van der Waals surface area contributed by atoms with E-state index in [1.807, 2.05) is 38.1 Å². The fourth-order valence-corrected chi connectivity index (χ4v) is 4.98. The van der Waals surface area contributed by atoms with E-state index in [-0.39, 0.29) is 29.9 Å². The quantitative estimate of drug-likeness (QED) is 0.471. The number of anilines is 1. The highest BCUT2D eigenvalue weighted by molar-refractivity contribution is 8.18. The Morgan fingerprint density at radius 2 is 1.74 bits per heavy atom. The first-order valence-electron chi connectivity index (χ1n) is 12.6. The number of ether oxygens (including phenoxy) is 2. The Balaban J connectivity index is 1.40. The number of carbonyl (C=O) groups excluding carboxylic acids is 4. The number of carbonyl (C=O) groups is 4. The highest BCUT2D eigenvalue weighted by Gasteiger charge is 2.37. The molecule has 2 aliphatic heterocycles. The molecule has 2 heterocycles. The van der Waals surface area contributed by atoms with Gasteiger partial charge in [0, 0.05) is 18.8 Å². The molecule has 38 heavy (non-hydrogen) atoms. The van der Waals surface area contributed by atoms with Crippen LogP contribution in [0.2, 0.25) is 0 Å². The molecule has 1 N–H and O–H groups in total. The summed E-state index contributed by atoms with van der Waals surface area (Å²) in [6.45, 7) is 5.02. The van der Waals surface area contributed by atoms with Gasteiger partial charge in [0.15, 0.2) is 18.1 Å². The number of benzene rings is 2. The van der Waals surface area contributed by atoms with Crippen molar-refractivity contribution in [3.05, 3.63) is 58.5 Å². The van der Waals surface area contributed by atoms with Gasteiger partial charge in [-0.3, -0.25) is 24.1 Å². The van der Waals surface area contributed by atoms with Gasteiger partial charge >= 0.3 is 0 Å². The van der Waals surface area contributed by atoms with Gasteiger partial charge in [-0.15, -0.1) is 0 Å². The Labute approximate surface area is 226 Å². The lowest BCUT2D eigenvalue weighted by Gasteiger charge is -2.27. The van der Waals surface area contributed by atoms with Crippen molar-refractivity contribution in [1.82, 2.24) is 9.80 Å². The van der Waals surface area contributed by atoms with E-state index in [0.717, 1.165) is 41.5 Å². The van der Waals surface area contributed by atoms with Gasteiger partial charge in [0.25, 0.3) is 17.1 Å². The van der Waals surface area contributed by atoms with Gasteiger partial charge in [-0.2, -0.15) is 0 Å². The van der Waals surface area contributed by atoms with Crippen molar-refractivity contribution >= 4 is 46.5 Å². The van der Waals surface area contributed by atoms with Gasteiger partial charge in [0.05, 0.1) is 11.5 Å². The first-order valence-corrected chi connectivity index (χ1v) is 13.4. The van der Waals surface area contributed by atoms with Gasteiger partial charge in [-0.1, -0.05) is 23.8 Å². The summed E-state index contributed by atoms with van der Waals surface area (Å²) in [5.41, 5.74) is 2.39. The van der Waals surface area contributed by atoms with Crippen LogP contribution in [-0.2, 0) is 14.4 Å². The molecule has 2 fully saturated rings. The van der Waals surface area contributed by atoms with E-state index >= 15 is 0 Å². The highest BCUT2D eigenvalue weighted by Crippen LogP contribution is 2.35. The molecule has 0 unspecified atom stereocenters. The number of hydrogen-bond donors (Lipinski definition) is 1. The van der Waals surface area contributed by atoms with Crippen LogP contribution in [0, 0.1) is 6.92 Å². The maximum atomic E-state index is 12.9. The average molecular weight is 538 g/mol. The summed E-state index contributed by atoms with van der Waals surface area (Å²) < 4.78 is 11.4. The van der Waals surface area contributed by atoms with Crippen LogP contribution in [0.1, 0.15) is 37.3 Å². The van der Waals surface area contributed by atoms with Crippen molar-refractivity contribution in [1.29, 1.82) is 0 Å². The smallest absolute Gasteiger partial charge is 0.294 e. The van der Waals surface area contributed by atoms with Gasteiger partial charge < -0.3 is 19.7 Å². The number of thioether (sulfide) groups is 1. The van der Waals surface area contributed by atoms with Crippen LogP contribution in [0.5, 0.6) is 11.5 Å². The highest BCUT2D eigenvalue weighted by atomic mass is 32.2. The number of hydrogen-bond acceptors (Lipinski definition) is 7. The molecule has 0 bridgehead atoms. The third-order valence-corrected chi connectivity index (χ3v) is 7.04. The fourth-order valence-electron chi connectivity index (χ4n) is 4.15. The van der Waals surface area contributed by atoms with Crippen LogP contribution in [0.25, 0.3) is 6.08 Å². The summed E-state index contributed by atoms with van der Waals surface area (Å²) in [5, 5.41) is 2.32. The van der Waals surface area contributed by atoms with Crippen LogP contribution >= 0.6 is 11.8 Å². The number of aryl methyl sites for hydroxylation is 1. The number of likely N-dealkylation sites (tertiary alicyclic amines) is 1. The summed E-state index contributed by atoms with van der Waals surface area (Å²) in [7, 11) is 0. The Morgan fingerprint density at radius 3 is 2.45 bits per heavy atom. The van der Waals surface area contributed by atoms with Crippen LogP contribution < -0.4 is 14.8 Å². The Bertz CT molecular complexity index is 1240. The minimum Gasteiger partial charge on any atom is -0.490 e. The summed E-state index contributed by atoms with van der Waals surface area (Å²) in [4.78, 5) is 53.3. The zero-order valence-electron chi connectivity index (χ0n) is 21.5. The van der Waals surface area contributed by atoms with E-state index in [2.05, 4.69) is 5.32 Å². The second-order valence-corrected chi connectivity index (χ2v) is 10.0. The van der Waals surface area contributed by atoms with Gasteiger partial charge in [0.2, 0.25) is 5.91 Å². The second kappa shape index (κ2) is 12.6. The van der Waals surface area contributed by atoms with E-state index < -0.39 is 11.1 Å². The molecular weight excluding hydrogens is 506 g/mol. The monoisotopic (exact) mass is 537 g/mol. The molecule has 2 aromatic rings. The summed E-state index contributed by atoms with van der Waals surface area (Å²) >= 11 is 0.807. The number of rotatable bonds is 9. The largest absolute Gasteiger partial charge is 0.490 e. The lowest BCUT2D eigenvalue weighted by atomic mass is 10.1. The van der Waals surface area contributed by atoms with Gasteiger partial charge in [-0.25, -0.2) is 0 Å². The maximum Gasteiger partial charge on any atom is 0.294 e. The third-order valence-electron chi connectivity index (χ3n) is 6.14. The molecule has 0 aromatic heterocycles. The van der Waals surface area contributed by atoms with Crippen LogP contribution in [0.15, 0.2) is 47.4 Å². The lowest BCUT2D eigenvalue weighted by Crippen LogP contribution is -2.44. The van der Waals surface area contributed by atoms with Gasteiger partial charge in [0.1, 0.15) is 6.54 Å². The minimum absolute atomic E-state index is 0.209. The Hall–Kier alpha value is -3.79. The molecule has 2 saturated heterocycles. The van der Waals surface area contributed by atoms with Crippen molar-refractivity contribution in [3.63, 3.8) is 0 Å². The molecule has 0 spiro atoms. The summed E-state index contributed by atoms with van der Waals surface area (Å²) in [5.74, 6) is -0.225. The molecule has 2 aromatic carbocycles. The molecule has 10 heteroatoms. The van der Waals surface area contributed by atoms with E-state index in [9.17, 15) is 19.2 Å². The fraction of sp³-hybridized carbons (Fsp3) is 0.357. The van der Waals surface area contributed by atoms with Crippen LogP contribution in [0.3, 0.4) is 0 Å². The first-order chi connectivity index (χ1) is 18.3. The Kier molecular flexibility index (Phi) is 9.06. The van der Waals surface area contributed by atoms with E-state index in [4.69, 9.17) is 9.47 Å². The van der Waals surface area contributed by atoms with Crippen molar-refractivity contribution in [3.8, 4) is 11.5 Å². The number of piperidine rings is 1. The van der Waals surface area contributed by atoms with Gasteiger partial charge in [-0.05, 0) is 80.8 Å². The van der Waals surface area contributed by atoms with E-state index in [0.29, 0.717) is 42.4 Å². The van der Waals surface area contributed by atoms with Crippen molar-refractivity contribution < 1.29 is 28.7 Å². The second-order valence-electron chi connectivity index (χ2n) is 9.05. The predicted molar refractivity (Wildman–Crippen MR) is 146 cm³/mol. The number of amides is 4. The van der Waals surface area contributed by atoms with Crippen molar-refractivity contribution in [2.75, 3.05) is 38.2 Å². The molecule has 9 nitrogen and oxygen atoms in total. The topological polar surface area (TPSA) is 105 Å². The molecule has 200 valence electrons. The minimum atomic E-state index is -0.489. The zero-order valence-corrected chi connectivity index (χ0v) is 22.3. The number of nitrogens with zero attached hydrogens (tertiary/aromatic N) is 2. The summed E-state index contributed by atoms with van der Waals surface area (Å²) in [6, 6.07) is 12.5. The Morgan fingerprint density at radius 1 is 1.00 bits per heavy atom. The van der Waals surface area contributed by atoms with Crippen molar-refractivity contribution in [2.24, 2.45) is 0 Å². The molecule has 2 aliphatic rings. The number of nitrogens with one attached hydrogen (secondary N) is 1. The third kappa shape index (κ3) is 6.95. The molecule has 0 radical (unpaired) electrons. The van der Waals surface area contributed by atoms with Crippen molar-refractivity contribution in [2.45, 2.75) is 33.1 Å². The molecule has 0 saturated carbocycles. The zero-order chi connectivity index (χ0) is 27.1. The SMILES string of the molecule is CCOc1cc(/C=C2\SC(=O)N(CC(=O)N3CCCCC3)C2=O)ccc1OCC(=O)Nc1ccc(C)cc1. The summed E-state index contributed by atoms with van der Waals surface area (Å²) in [6.07, 6.45) is 4.55. The molecule has 0 aliphatic carbocycles. The number of imide groups is 1. The molecular formula is C28H31N3O6S. The normalized spacial score (nSPS) is 16.6. The van der Waals surface area contributed by atoms with E-state index in [1.165, 1.54) is 0 Å². The predicted octanol–water partition coefficient (Wildman–Crippen LogP) is 4.46. The van der Waals surface area contributed by atoms with Crippen LogP contribution in [-0.4, -0.2) is 65.6 Å². The molecule has 4 amide bonds. The van der Waals surface area contributed by atoms with Crippen LogP contribution in [0.4, 0.5) is 10.5 Å². The molecule has 4 rings (SSSR count). The van der Waals surface area contributed by atoms with E-state index in [1.54, 1.807) is 29.2 Å². The standard InChI is InChI=1S/C28H31N3O6S/c1-3-36-23-15-20(9-12-22(23)37-18-25(32)29-21-10-7-19(2)8-11-21)16-24-27(34)31(28(35)38-24)17-26(33)30-13-5-4-6-14-30/h7-12,15-16H,3-6,13-14,17-18H2,1-2H3,(H,29,32)/b24-16-. The first kappa shape index (κ1) is 27.3. The maximum absolute atomic E-state index is 12.9. The lowest BCUT2D eigenvalue weighted by molar-refractivity contribution is -0.136. The molecule has 0 atom stereocenters. The average Bonchev–Trinajstić information content (AvgIpc) is 3.17.